The van der Waals surface area contributed by atoms with E-state index in [0.717, 1.165) is 32.1 Å². The van der Waals surface area contributed by atoms with Crippen LogP contribution in [0, 0.1) is 17.3 Å². The molecule has 4 rings (SSSR count). The van der Waals surface area contributed by atoms with Gasteiger partial charge in [0.15, 0.2) is 0 Å². The van der Waals surface area contributed by atoms with Crippen LogP contribution in [0.1, 0.15) is 83.1 Å². The number of ketones is 1. The summed E-state index contributed by atoms with van der Waals surface area (Å²) in [5.74, 6) is -2.10. The summed E-state index contributed by atoms with van der Waals surface area (Å²) >= 11 is 0. The summed E-state index contributed by atoms with van der Waals surface area (Å²) in [4.78, 5) is 81.1. The van der Waals surface area contributed by atoms with Gasteiger partial charge in [0.1, 0.15) is 24.0 Å². The van der Waals surface area contributed by atoms with Gasteiger partial charge >= 0.3 is 0 Å². The third-order valence-corrected chi connectivity index (χ3v) is 8.73. The van der Waals surface area contributed by atoms with Gasteiger partial charge in [-0.05, 0) is 74.8 Å². The van der Waals surface area contributed by atoms with Gasteiger partial charge in [-0.2, -0.15) is 0 Å². The summed E-state index contributed by atoms with van der Waals surface area (Å²) in [5, 5.41) is 10.8. The Balaban J connectivity index is 1.47. The standard InChI is InChI=1S/C32H45N7O6/c1-6-34-29(44)25(40)10-9-22(35-28(43)24-16-33-19-38(24)5)27(42)36-23-8-7-11-39(30(23)45)17-26(41)37-32-13-20(2)12-21(15-32)14-31(3,4)18-32/h7-8,11,16,19-22H,6,9-10,12-15,17-18H2,1-5H3,(H,34,44)(H,35,43)(H,36,42)(H,37,41)/t20?,21?,22-,32?/m0/s1. The minimum atomic E-state index is -1.25. The molecule has 0 radical (unpaired) electrons. The van der Waals surface area contributed by atoms with E-state index in [1.165, 1.54) is 33.9 Å². The maximum Gasteiger partial charge on any atom is 0.287 e. The number of aryl methyl sites for hydroxylation is 1. The summed E-state index contributed by atoms with van der Waals surface area (Å²) in [5.41, 5.74) is -0.692. The van der Waals surface area contributed by atoms with Gasteiger partial charge in [-0.25, -0.2) is 4.98 Å². The second-order valence-electron chi connectivity index (χ2n) is 13.6. The van der Waals surface area contributed by atoms with Crippen molar-refractivity contribution in [2.45, 2.75) is 90.8 Å². The van der Waals surface area contributed by atoms with Crippen LogP contribution in [0.3, 0.4) is 0 Å². The average molecular weight is 624 g/mol. The highest BCUT2D eigenvalue weighted by molar-refractivity contribution is 6.36. The summed E-state index contributed by atoms with van der Waals surface area (Å²) < 4.78 is 2.70. The van der Waals surface area contributed by atoms with Crippen molar-refractivity contribution >= 4 is 35.1 Å². The number of likely N-dealkylation sites (N-methyl/N-ethyl adjacent to an activating group) is 1. The number of hydrogen-bond donors (Lipinski definition) is 4. The maximum atomic E-state index is 13.4. The Bertz CT molecular complexity index is 1510. The fraction of sp³-hybridized carbons (Fsp3) is 0.594. The van der Waals surface area contributed by atoms with E-state index in [1.807, 2.05) is 0 Å². The lowest BCUT2D eigenvalue weighted by molar-refractivity contribution is -0.138. The van der Waals surface area contributed by atoms with Crippen LogP contribution in [0.5, 0.6) is 0 Å². The van der Waals surface area contributed by atoms with Crippen LogP contribution in [0.15, 0.2) is 35.6 Å². The zero-order valence-electron chi connectivity index (χ0n) is 26.8. The first-order valence-electron chi connectivity index (χ1n) is 15.6. The van der Waals surface area contributed by atoms with Crippen molar-refractivity contribution in [2.75, 3.05) is 11.9 Å². The normalized spacial score (nSPS) is 22.5. The first-order chi connectivity index (χ1) is 21.2. The first-order valence-corrected chi connectivity index (χ1v) is 15.6. The highest BCUT2D eigenvalue weighted by Gasteiger charge is 2.48. The van der Waals surface area contributed by atoms with Crippen LogP contribution < -0.4 is 26.8 Å². The number of aromatic nitrogens is 3. The van der Waals surface area contributed by atoms with Crippen LogP contribution in [0.4, 0.5) is 5.69 Å². The van der Waals surface area contributed by atoms with Gasteiger partial charge in [0, 0.05) is 31.7 Å². The largest absolute Gasteiger partial charge is 0.350 e. The Morgan fingerprint density at radius 3 is 2.58 bits per heavy atom. The van der Waals surface area contributed by atoms with E-state index < -0.39 is 35.1 Å². The number of hydrogen-bond acceptors (Lipinski definition) is 7. The number of pyridine rings is 1. The lowest BCUT2D eigenvalue weighted by Crippen LogP contribution is -2.58. The molecule has 2 bridgehead atoms. The Kier molecular flexibility index (Phi) is 10.3. The van der Waals surface area contributed by atoms with Gasteiger partial charge in [-0.1, -0.05) is 20.8 Å². The first kappa shape index (κ1) is 33.6. The average Bonchev–Trinajstić information content (AvgIpc) is 3.37. The topological polar surface area (TPSA) is 173 Å². The number of Topliss-reactive ketones (excluding diaryl/α,β-unsaturated/α-hetero) is 1. The minimum Gasteiger partial charge on any atom is -0.350 e. The number of fused-ring (bicyclic) bond motifs is 2. The molecule has 2 fully saturated rings. The van der Waals surface area contributed by atoms with E-state index in [9.17, 15) is 28.8 Å². The molecule has 4 atom stereocenters. The Morgan fingerprint density at radius 1 is 1.13 bits per heavy atom. The Morgan fingerprint density at radius 2 is 1.89 bits per heavy atom. The molecule has 2 saturated carbocycles. The van der Waals surface area contributed by atoms with E-state index in [0.29, 0.717) is 11.8 Å². The number of amides is 4. The van der Waals surface area contributed by atoms with Crippen molar-refractivity contribution in [3.05, 3.63) is 46.9 Å². The van der Waals surface area contributed by atoms with Gasteiger partial charge < -0.3 is 30.4 Å². The van der Waals surface area contributed by atoms with E-state index in [4.69, 9.17) is 0 Å². The fourth-order valence-corrected chi connectivity index (χ4v) is 7.45. The Labute approximate surface area is 262 Å². The molecule has 2 aromatic heterocycles. The van der Waals surface area contributed by atoms with Gasteiger partial charge in [-0.3, -0.25) is 28.8 Å². The molecule has 2 aliphatic rings. The van der Waals surface area contributed by atoms with Crippen molar-refractivity contribution in [1.29, 1.82) is 0 Å². The molecule has 45 heavy (non-hydrogen) atoms. The summed E-state index contributed by atoms with van der Waals surface area (Å²) in [7, 11) is 1.61. The highest BCUT2D eigenvalue weighted by Crippen LogP contribution is 2.52. The molecule has 244 valence electrons. The van der Waals surface area contributed by atoms with Crippen LogP contribution in [-0.2, 0) is 32.8 Å². The molecule has 13 nitrogen and oxygen atoms in total. The number of nitrogens with one attached hydrogen (secondary N) is 4. The molecule has 2 heterocycles. The molecule has 0 spiro atoms. The monoisotopic (exact) mass is 623 g/mol. The van der Waals surface area contributed by atoms with Crippen molar-refractivity contribution in [3.8, 4) is 0 Å². The second kappa shape index (κ2) is 13.8. The summed E-state index contributed by atoms with van der Waals surface area (Å²) in [6, 6.07) is 1.70. The molecule has 2 aliphatic carbocycles. The molecule has 0 saturated heterocycles. The maximum absolute atomic E-state index is 13.4. The van der Waals surface area contributed by atoms with E-state index in [-0.39, 0.29) is 54.2 Å². The molecule has 0 aliphatic heterocycles. The van der Waals surface area contributed by atoms with Gasteiger partial charge in [-0.15, -0.1) is 0 Å². The van der Waals surface area contributed by atoms with Crippen molar-refractivity contribution in [3.63, 3.8) is 0 Å². The SMILES string of the molecule is CCNC(=O)C(=O)CC[C@H](NC(=O)c1cncn1C)C(=O)Nc1cccn(CC(=O)NC23CC(C)CC(CC(C)(C)C2)C3)c1=O. The molecule has 13 heteroatoms. The predicted octanol–water partition coefficient (Wildman–Crippen LogP) is 1.92. The quantitative estimate of drug-likeness (QED) is 0.261. The molecule has 0 aromatic carbocycles. The van der Waals surface area contributed by atoms with Crippen molar-refractivity contribution in [2.24, 2.45) is 24.3 Å². The lowest BCUT2D eigenvalue weighted by atomic mass is 9.56. The van der Waals surface area contributed by atoms with Gasteiger partial charge in [0.2, 0.25) is 17.6 Å². The number of rotatable bonds is 12. The molecule has 4 amide bonds. The zero-order valence-corrected chi connectivity index (χ0v) is 26.8. The molecular formula is C32H45N7O6. The summed E-state index contributed by atoms with van der Waals surface area (Å²) in [6.07, 6.45) is 8.75. The van der Waals surface area contributed by atoms with Crippen molar-refractivity contribution in [1.82, 2.24) is 30.1 Å². The van der Waals surface area contributed by atoms with E-state index in [1.54, 1.807) is 20.0 Å². The lowest BCUT2D eigenvalue weighted by Gasteiger charge is -2.53. The van der Waals surface area contributed by atoms with Crippen LogP contribution >= 0.6 is 0 Å². The zero-order chi connectivity index (χ0) is 32.9. The predicted molar refractivity (Wildman–Crippen MR) is 167 cm³/mol. The third kappa shape index (κ3) is 8.46. The highest BCUT2D eigenvalue weighted by atomic mass is 16.2. The summed E-state index contributed by atoms with van der Waals surface area (Å²) in [6.45, 7) is 8.44. The second-order valence-corrected chi connectivity index (χ2v) is 13.6. The van der Waals surface area contributed by atoms with Crippen LogP contribution in [0.2, 0.25) is 0 Å². The minimum absolute atomic E-state index is 0.0894. The number of carbonyl (C=O) groups excluding carboxylic acids is 5. The number of nitrogens with zero attached hydrogens (tertiary/aromatic N) is 3. The van der Waals surface area contributed by atoms with Gasteiger partial charge in [0.25, 0.3) is 17.4 Å². The van der Waals surface area contributed by atoms with Crippen LogP contribution in [0.25, 0.3) is 0 Å². The number of imidazole rings is 1. The van der Waals surface area contributed by atoms with Gasteiger partial charge in [0.05, 0.1) is 12.5 Å². The number of carbonyl (C=O) groups is 5. The van der Waals surface area contributed by atoms with E-state index >= 15 is 0 Å². The third-order valence-electron chi connectivity index (χ3n) is 8.73. The smallest absolute Gasteiger partial charge is 0.287 e. The Hall–Kier alpha value is -4.29. The number of anilines is 1. The van der Waals surface area contributed by atoms with Crippen molar-refractivity contribution < 1.29 is 24.0 Å². The van der Waals surface area contributed by atoms with E-state index in [2.05, 4.69) is 47.0 Å². The molecule has 3 unspecified atom stereocenters. The molecule has 4 N–H and O–H groups in total. The molecular weight excluding hydrogens is 578 g/mol. The molecule has 2 aromatic rings. The fourth-order valence-electron chi connectivity index (χ4n) is 7.45. The van der Waals surface area contributed by atoms with Crippen LogP contribution in [-0.4, -0.2) is 61.7 Å².